The van der Waals surface area contributed by atoms with Crippen molar-refractivity contribution in [1.82, 2.24) is 5.32 Å². The van der Waals surface area contributed by atoms with Crippen molar-refractivity contribution in [3.63, 3.8) is 0 Å². The Morgan fingerprint density at radius 3 is 2.42 bits per heavy atom. The molecule has 0 atom stereocenters. The minimum Gasteiger partial charge on any atom is -0.376 e. The highest BCUT2D eigenvalue weighted by Crippen LogP contribution is 2.16. The van der Waals surface area contributed by atoms with Crippen LogP contribution < -0.4 is 16.0 Å². The number of hydrogen-bond donors (Lipinski definition) is 3. The summed E-state index contributed by atoms with van der Waals surface area (Å²) in [6, 6.07) is 13.1. The van der Waals surface area contributed by atoms with E-state index in [0.717, 1.165) is 35.3 Å². The lowest BCUT2D eigenvalue weighted by Gasteiger charge is -2.11. The number of unbranched alkanes of at least 4 members (excludes halogenated alkanes) is 1. The van der Waals surface area contributed by atoms with E-state index >= 15 is 0 Å². The Labute approximate surface area is 155 Å². The van der Waals surface area contributed by atoms with Crippen molar-refractivity contribution in [2.24, 2.45) is 0 Å². The van der Waals surface area contributed by atoms with Gasteiger partial charge in [-0.25, -0.2) is 0 Å². The van der Waals surface area contributed by atoms with E-state index in [9.17, 15) is 9.59 Å². The van der Waals surface area contributed by atoms with E-state index in [-0.39, 0.29) is 18.4 Å². The van der Waals surface area contributed by atoms with Crippen LogP contribution in [-0.4, -0.2) is 24.9 Å². The van der Waals surface area contributed by atoms with Gasteiger partial charge in [0.2, 0.25) is 5.91 Å². The lowest BCUT2D eigenvalue weighted by molar-refractivity contribution is -0.114. The van der Waals surface area contributed by atoms with Crippen molar-refractivity contribution in [2.45, 2.75) is 33.6 Å². The molecule has 26 heavy (non-hydrogen) atoms. The lowest BCUT2D eigenvalue weighted by atomic mass is 10.1. The number of anilines is 2. The van der Waals surface area contributed by atoms with Crippen molar-refractivity contribution >= 4 is 23.2 Å². The molecule has 0 radical (unpaired) electrons. The molecule has 138 valence electrons. The lowest BCUT2D eigenvalue weighted by Crippen LogP contribution is -2.24. The van der Waals surface area contributed by atoms with Crippen LogP contribution in [0.25, 0.3) is 0 Å². The molecule has 0 unspecified atom stereocenters. The summed E-state index contributed by atoms with van der Waals surface area (Å²) in [7, 11) is 0. The van der Waals surface area contributed by atoms with Gasteiger partial charge in [-0.3, -0.25) is 9.59 Å². The molecule has 0 aliphatic rings. The molecule has 2 aromatic rings. The molecule has 0 aliphatic heterocycles. The molecular formula is C21H27N3O2. The van der Waals surface area contributed by atoms with Gasteiger partial charge in [-0.2, -0.15) is 0 Å². The standard InChI is InChI=1S/C21H27N3O2/c1-4-5-12-22-21(26)17-8-10-18(11-9-17)23-14-20(25)24-19-13-15(2)6-7-16(19)3/h6-11,13,23H,4-5,12,14H2,1-3H3,(H,22,26)(H,24,25). The smallest absolute Gasteiger partial charge is 0.251 e. The number of nitrogens with one attached hydrogen (secondary N) is 3. The van der Waals surface area contributed by atoms with Crippen LogP contribution in [0.5, 0.6) is 0 Å². The Bertz CT molecular complexity index is 754. The van der Waals surface area contributed by atoms with Crippen LogP contribution in [0.4, 0.5) is 11.4 Å². The maximum atomic E-state index is 12.1. The highest BCUT2D eigenvalue weighted by molar-refractivity contribution is 5.95. The minimum absolute atomic E-state index is 0.0716. The minimum atomic E-state index is -0.111. The van der Waals surface area contributed by atoms with Gasteiger partial charge >= 0.3 is 0 Å². The molecule has 0 aliphatic carbocycles. The van der Waals surface area contributed by atoms with Gasteiger partial charge in [-0.15, -0.1) is 0 Å². The van der Waals surface area contributed by atoms with E-state index in [1.54, 1.807) is 24.3 Å². The number of amides is 2. The third-order valence-electron chi connectivity index (χ3n) is 4.08. The zero-order valence-corrected chi connectivity index (χ0v) is 15.7. The van der Waals surface area contributed by atoms with E-state index < -0.39 is 0 Å². The summed E-state index contributed by atoms with van der Waals surface area (Å²) < 4.78 is 0. The van der Waals surface area contributed by atoms with Gasteiger partial charge < -0.3 is 16.0 Å². The second-order valence-corrected chi connectivity index (χ2v) is 6.41. The first kappa shape index (κ1) is 19.5. The molecule has 0 saturated carbocycles. The summed E-state index contributed by atoms with van der Waals surface area (Å²) in [6.07, 6.45) is 2.02. The normalized spacial score (nSPS) is 10.3. The highest BCUT2D eigenvalue weighted by atomic mass is 16.2. The van der Waals surface area contributed by atoms with E-state index in [1.165, 1.54) is 0 Å². The molecule has 0 fully saturated rings. The maximum absolute atomic E-state index is 12.1. The zero-order valence-electron chi connectivity index (χ0n) is 15.7. The fourth-order valence-electron chi connectivity index (χ4n) is 2.47. The number of carbonyl (C=O) groups excluding carboxylic acids is 2. The number of benzene rings is 2. The van der Waals surface area contributed by atoms with Crippen molar-refractivity contribution in [3.05, 3.63) is 59.2 Å². The Morgan fingerprint density at radius 2 is 1.73 bits per heavy atom. The Hall–Kier alpha value is -2.82. The van der Waals surface area contributed by atoms with Crippen LogP contribution in [0.3, 0.4) is 0 Å². The van der Waals surface area contributed by atoms with Gasteiger partial charge in [-0.1, -0.05) is 25.5 Å². The van der Waals surface area contributed by atoms with Crippen LogP contribution in [0.1, 0.15) is 41.3 Å². The third-order valence-corrected chi connectivity index (χ3v) is 4.08. The average molecular weight is 353 g/mol. The topological polar surface area (TPSA) is 70.2 Å². The van der Waals surface area contributed by atoms with Crippen LogP contribution in [-0.2, 0) is 4.79 Å². The first-order chi connectivity index (χ1) is 12.5. The third kappa shape index (κ3) is 5.92. The highest BCUT2D eigenvalue weighted by Gasteiger charge is 2.07. The monoisotopic (exact) mass is 353 g/mol. The Balaban J connectivity index is 1.84. The fourth-order valence-corrected chi connectivity index (χ4v) is 2.47. The predicted molar refractivity (Wildman–Crippen MR) is 107 cm³/mol. The van der Waals surface area contributed by atoms with Gasteiger partial charge in [0.25, 0.3) is 5.91 Å². The zero-order chi connectivity index (χ0) is 18.9. The van der Waals surface area contributed by atoms with Crippen molar-refractivity contribution < 1.29 is 9.59 Å². The molecule has 0 aromatic heterocycles. The molecule has 5 nitrogen and oxygen atoms in total. The van der Waals surface area contributed by atoms with E-state index in [4.69, 9.17) is 0 Å². The molecule has 3 N–H and O–H groups in total. The first-order valence-corrected chi connectivity index (χ1v) is 8.99. The van der Waals surface area contributed by atoms with Gasteiger partial charge in [0, 0.05) is 23.5 Å². The molecule has 2 aromatic carbocycles. The van der Waals surface area contributed by atoms with E-state index in [1.807, 2.05) is 32.0 Å². The molecule has 0 spiro atoms. The summed E-state index contributed by atoms with van der Waals surface area (Å²) in [6.45, 7) is 6.90. The van der Waals surface area contributed by atoms with Crippen LogP contribution >= 0.6 is 0 Å². The molecule has 0 heterocycles. The second-order valence-electron chi connectivity index (χ2n) is 6.41. The molecule has 0 bridgehead atoms. The summed E-state index contributed by atoms with van der Waals surface area (Å²) in [4.78, 5) is 24.1. The quantitative estimate of drug-likeness (QED) is 0.631. The Morgan fingerprint density at radius 1 is 1.00 bits per heavy atom. The first-order valence-electron chi connectivity index (χ1n) is 8.99. The van der Waals surface area contributed by atoms with Crippen molar-refractivity contribution in [2.75, 3.05) is 23.7 Å². The number of hydrogen-bond acceptors (Lipinski definition) is 3. The number of carbonyl (C=O) groups is 2. The molecular weight excluding hydrogens is 326 g/mol. The number of aryl methyl sites for hydroxylation is 2. The molecule has 2 amide bonds. The van der Waals surface area contributed by atoms with E-state index in [2.05, 4.69) is 22.9 Å². The van der Waals surface area contributed by atoms with Crippen LogP contribution in [0, 0.1) is 13.8 Å². The van der Waals surface area contributed by atoms with Crippen LogP contribution in [0.15, 0.2) is 42.5 Å². The van der Waals surface area contributed by atoms with Gasteiger partial charge in [0.05, 0.1) is 6.54 Å². The largest absolute Gasteiger partial charge is 0.376 e. The molecule has 5 heteroatoms. The molecule has 0 saturated heterocycles. The summed E-state index contributed by atoms with van der Waals surface area (Å²) in [5, 5.41) is 8.87. The summed E-state index contributed by atoms with van der Waals surface area (Å²) >= 11 is 0. The summed E-state index contributed by atoms with van der Waals surface area (Å²) in [5.41, 5.74) is 4.38. The SMILES string of the molecule is CCCCNC(=O)c1ccc(NCC(=O)Nc2cc(C)ccc2C)cc1. The second kappa shape index (κ2) is 9.61. The predicted octanol–water partition coefficient (Wildman–Crippen LogP) is 3.88. The Kier molecular flexibility index (Phi) is 7.21. The molecule has 2 rings (SSSR count). The summed E-state index contributed by atoms with van der Waals surface area (Å²) in [5.74, 6) is -0.183. The van der Waals surface area contributed by atoms with E-state index in [0.29, 0.717) is 12.1 Å². The van der Waals surface area contributed by atoms with Gasteiger partial charge in [0.1, 0.15) is 0 Å². The fraction of sp³-hybridized carbons (Fsp3) is 0.333. The van der Waals surface area contributed by atoms with Crippen molar-refractivity contribution in [1.29, 1.82) is 0 Å². The van der Waals surface area contributed by atoms with Crippen LogP contribution in [0.2, 0.25) is 0 Å². The van der Waals surface area contributed by atoms with Gasteiger partial charge in [0.15, 0.2) is 0 Å². The number of rotatable bonds is 8. The maximum Gasteiger partial charge on any atom is 0.251 e. The van der Waals surface area contributed by atoms with Gasteiger partial charge in [-0.05, 0) is 61.7 Å². The van der Waals surface area contributed by atoms with Crippen molar-refractivity contribution in [3.8, 4) is 0 Å². The average Bonchev–Trinajstić information content (AvgIpc) is 2.63.